The molecule has 2 aromatic rings. The highest BCUT2D eigenvalue weighted by Crippen LogP contribution is 2.28. The van der Waals surface area contributed by atoms with Crippen LogP contribution in [0.4, 0.5) is 11.4 Å². The zero-order chi connectivity index (χ0) is 12.3. The third-order valence-corrected chi connectivity index (χ3v) is 2.42. The minimum atomic E-state index is -0.532. The van der Waals surface area contributed by atoms with Crippen LogP contribution in [-0.2, 0) is 0 Å². The van der Waals surface area contributed by atoms with E-state index in [2.05, 4.69) is 9.98 Å². The summed E-state index contributed by atoms with van der Waals surface area (Å²) >= 11 is 5.69. The van der Waals surface area contributed by atoms with Crippen LogP contribution in [-0.4, -0.2) is 16.1 Å². The van der Waals surface area contributed by atoms with Crippen LogP contribution in [0.3, 0.4) is 0 Å². The Labute approximate surface area is 102 Å². The fourth-order valence-electron chi connectivity index (χ4n) is 1.29. The van der Waals surface area contributed by atoms with Crippen LogP contribution in [0.25, 0.3) is 0 Å². The van der Waals surface area contributed by atoms with Crippen molar-refractivity contribution < 1.29 is 4.92 Å². The molecule has 0 radical (unpaired) electrons. The van der Waals surface area contributed by atoms with Gasteiger partial charge in [-0.2, -0.15) is 0 Å². The number of aromatic nitrogens is 1. The molecule has 6 heteroatoms. The predicted molar refractivity (Wildman–Crippen MR) is 66.2 cm³/mol. The number of nitro benzene ring substituents is 1. The van der Waals surface area contributed by atoms with Gasteiger partial charge in [-0.25, -0.2) is 0 Å². The molecule has 1 heterocycles. The SMILES string of the molecule is O=[N+]([O-])c1cc(N=Cc2ccc[nH]2)ccc1Cl. The van der Waals surface area contributed by atoms with Gasteiger partial charge < -0.3 is 4.98 Å². The zero-order valence-corrected chi connectivity index (χ0v) is 9.39. The number of nitrogens with one attached hydrogen (secondary N) is 1. The standard InChI is InChI=1S/C11H8ClN3O2/c12-10-4-3-8(6-11(10)15(16)17)14-7-9-2-1-5-13-9/h1-7,13H. The van der Waals surface area contributed by atoms with Gasteiger partial charge >= 0.3 is 0 Å². The highest BCUT2D eigenvalue weighted by atomic mass is 35.5. The van der Waals surface area contributed by atoms with Crippen molar-refractivity contribution >= 4 is 29.2 Å². The number of hydrogen-bond donors (Lipinski definition) is 1. The van der Waals surface area contributed by atoms with Gasteiger partial charge in [0.15, 0.2) is 0 Å². The number of nitro groups is 1. The second-order valence-electron chi connectivity index (χ2n) is 3.28. The predicted octanol–water partition coefficient (Wildman–Crippen LogP) is 3.33. The minimum Gasteiger partial charge on any atom is -0.360 e. The van der Waals surface area contributed by atoms with Crippen molar-refractivity contribution in [3.8, 4) is 0 Å². The van der Waals surface area contributed by atoms with Crippen LogP contribution < -0.4 is 0 Å². The van der Waals surface area contributed by atoms with E-state index in [4.69, 9.17) is 11.6 Å². The van der Waals surface area contributed by atoms with Crippen molar-refractivity contribution in [3.05, 3.63) is 57.4 Å². The van der Waals surface area contributed by atoms with Gasteiger partial charge in [0.25, 0.3) is 5.69 Å². The molecule has 0 unspecified atom stereocenters. The van der Waals surface area contributed by atoms with E-state index < -0.39 is 4.92 Å². The molecule has 0 saturated carbocycles. The van der Waals surface area contributed by atoms with Gasteiger partial charge in [0.2, 0.25) is 0 Å². The second-order valence-corrected chi connectivity index (χ2v) is 3.68. The summed E-state index contributed by atoms with van der Waals surface area (Å²) < 4.78 is 0. The first-order chi connectivity index (χ1) is 8.16. The third kappa shape index (κ3) is 2.70. The molecule has 86 valence electrons. The highest BCUT2D eigenvalue weighted by molar-refractivity contribution is 6.32. The minimum absolute atomic E-state index is 0.105. The first kappa shape index (κ1) is 11.3. The lowest BCUT2D eigenvalue weighted by atomic mass is 10.3. The number of aromatic amines is 1. The quantitative estimate of drug-likeness (QED) is 0.515. The Bertz CT molecular complexity index is 564. The molecular weight excluding hydrogens is 242 g/mol. The molecule has 0 fully saturated rings. The molecule has 5 nitrogen and oxygen atoms in total. The van der Waals surface area contributed by atoms with E-state index in [1.165, 1.54) is 12.1 Å². The average Bonchev–Trinajstić information content (AvgIpc) is 2.80. The average molecular weight is 250 g/mol. The van der Waals surface area contributed by atoms with Gasteiger partial charge in [-0.1, -0.05) is 11.6 Å². The topological polar surface area (TPSA) is 71.3 Å². The Kier molecular flexibility index (Phi) is 3.20. The Hall–Kier alpha value is -2.14. The summed E-state index contributed by atoms with van der Waals surface area (Å²) in [5, 5.41) is 10.8. The van der Waals surface area contributed by atoms with Crippen LogP contribution in [0.15, 0.2) is 41.5 Å². The van der Waals surface area contributed by atoms with E-state index in [1.54, 1.807) is 18.5 Å². The van der Waals surface area contributed by atoms with E-state index in [0.717, 1.165) is 5.69 Å². The summed E-state index contributed by atoms with van der Waals surface area (Å²) in [5.41, 5.74) is 1.16. The zero-order valence-electron chi connectivity index (χ0n) is 8.63. The molecule has 0 amide bonds. The van der Waals surface area contributed by atoms with Crippen LogP contribution in [0, 0.1) is 10.1 Å². The Morgan fingerprint density at radius 3 is 2.88 bits per heavy atom. The number of hydrogen-bond acceptors (Lipinski definition) is 3. The third-order valence-electron chi connectivity index (χ3n) is 2.10. The van der Waals surface area contributed by atoms with Gasteiger partial charge in [-0.05, 0) is 24.3 Å². The first-order valence-electron chi connectivity index (χ1n) is 4.78. The maximum Gasteiger partial charge on any atom is 0.290 e. The van der Waals surface area contributed by atoms with Gasteiger partial charge in [0.05, 0.1) is 22.5 Å². The van der Waals surface area contributed by atoms with Crippen LogP contribution in [0.5, 0.6) is 0 Å². The van der Waals surface area contributed by atoms with Gasteiger partial charge in [0.1, 0.15) is 5.02 Å². The molecule has 0 aliphatic rings. The van der Waals surface area contributed by atoms with Crippen molar-refractivity contribution in [2.45, 2.75) is 0 Å². The molecule has 1 aromatic carbocycles. The van der Waals surface area contributed by atoms with Crippen LogP contribution >= 0.6 is 11.6 Å². The van der Waals surface area contributed by atoms with Gasteiger partial charge in [-0.3, -0.25) is 15.1 Å². The van der Waals surface area contributed by atoms with E-state index in [0.29, 0.717) is 5.69 Å². The summed E-state index contributed by atoms with van der Waals surface area (Å²) in [6.07, 6.45) is 3.36. The number of halogens is 1. The molecule has 0 spiro atoms. The number of benzene rings is 1. The fourth-order valence-corrected chi connectivity index (χ4v) is 1.48. The number of H-pyrrole nitrogens is 1. The monoisotopic (exact) mass is 249 g/mol. The lowest BCUT2D eigenvalue weighted by Gasteiger charge is -1.96. The molecular formula is C11H8ClN3O2. The maximum absolute atomic E-state index is 10.7. The maximum atomic E-state index is 10.7. The van der Waals surface area contributed by atoms with Crippen molar-refractivity contribution in [1.82, 2.24) is 4.98 Å². The Morgan fingerprint density at radius 1 is 1.41 bits per heavy atom. The van der Waals surface area contributed by atoms with Gasteiger partial charge in [0, 0.05) is 12.3 Å². The summed E-state index contributed by atoms with van der Waals surface area (Å²) in [5.74, 6) is 0. The summed E-state index contributed by atoms with van der Waals surface area (Å²) in [6, 6.07) is 8.09. The summed E-state index contributed by atoms with van der Waals surface area (Å²) in [4.78, 5) is 17.2. The molecule has 0 aliphatic heterocycles. The molecule has 2 rings (SSSR count). The van der Waals surface area contributed by atoms with Crippen molar-refractivity contribution in [2.75, 3.05) is 0 Å². The van der Waals surface area contributed by atoms with Crippen molar-refractivity contribution in [2.24, 2.45) is 4.99 Å². The van der Waals surface area contributed by atoms with E-state index in [9.17, 15) is 10.1 Å². The summed E-state index contributed by atoms with van der Waals surface area (Å²) in [7, 11) is 0. The molecule has 0 atom stereocenters. The van der Waals surface area contributed by atoms with E-state index in [-0.39, 0.29) is 10.7 Å². The number of aliphatic imine (C=N–C) groups is 1. The molecule has 0 aliphatic carbocycles. The molecule has 0 bridgehead atoms. The highest BCUT2D eigenvalue weighted by Gasteiger charge is 2.11. The summed E-state index contributed by atoms with van der Waals surface area (Å²) in [6.45, 7) is 0. The van der Waals surface area contributed by atoms with Crippen LogP contribution in [0.1, 0.15) is 5.69 Å². The number of nitrogens with zero attached hydrogens (tertiary/aromatic N) is 2. The smallest absolute Gasteiger partial charge is 0.290 e. The fraction of sp³-hybridized carbons (Fsp3) is 0. The van der Waals surface area contributed by atoms with E-state index in [1.807, 2.05) is 12.1 Å². The van der Waals surface area contributed by atoms with Crippen molar-refractivity contribution in [1.29, 1.82) is 0 Å². The normalized spacial score (nSPS) is 10.9. The molecule has 1 N–H and O–H groups in total. The van der Waals surface area contributed by atoms with Gasteiger partial charge in [-0.15, -0.1) is 0 Å². The number of rotatable bonds is 3. The first-order valence-corrected chi connectivity index (χ1v) is 5.16. The Balaban J connectivity index is 2.28. The molecule has 0 saturated heterocycles. The van der Waals surface area contributed by atoms with E-state index >= 15 is 0 Å². The molecule has 1 aromatic heterocycles. The largest absolute Gasteiger partial charge is 0.360 e. The second kappa shape index (κ2) is 4.80. The van der Waals surface area contributed by atoms with Crippen molar-refractivity contribution in [3.63, 3.8) is 0 Å². The molecule has 17 heavy (non-hydrogen) atoms. The van der Waals surface area contributed by atoms with Crippen LogP contribution in [0.2, 0.25) is 5.02 Å². The lowest BCUT2D eigenvalue weighted by Crippen LogP contribution is -1.88. The lowest BCUT2D eigenvalue weighted by molar-refractivity contribution is -0.384. The Morgan fingerprint density at radius 2 is 2.24 bits per heavy atom.